The Morgan fingerprint density at radius 1 is 0.667 bits per heavy atom. The number of thiocarbonyl (C=S) groups is 1. The molecule has 0 radical (unpaired) electrons. The van der Waals surface area contributed by atoms with Crippen LogP contribution < -0.4 is 20.0 Å². The van der Waals surface area contributed by atoms with E-state index in [1.165, 1.54) is 33.8 Å². The Morgan fingerprint density at radius 2 is 1.15 bits per heavy atom. The average Bonchev–Trinajstić information content (AvgIpc) is 2.96. The average molecular weight is 537 g/mol. The number of nitrogens with one attached hydrogen (secondary N) is 1. The van der Waals surface area contributed by atoms with E-state index in [0.717, 1.165) is 29.3 Å². The maximum Gasteiger partial charge on any atom is 0.110 e. The third-order valence-corrected chi connectivity index (χ3v) is 7.58. The molecule has 4 aromatic carbocycles. The maximum atomic E-state index is 5.90. The molecule has 4 nitrogen and oxygen atoms in total. The van der Waals surface area contributed by atoms with Crippen LogP contribution >= 0.6 is 12.2 Å². The van der Waals surface area contributed by atoms with Crippen LogP contribution in [0.2, 0.25) is 0 Å². The topological polar surface area (TPSA) is 21.8 Å². The van der Waals surface area contributed by atoms with Crippen molar-refractivity contribution >= 4 is 40.0 Å². The molecule has 0 amide bonds. The highest BCUT2D eigenvalue weighted by Crippen LogP contribution is 2.39. The van der Waals surface area contributed by atoms with Gasteiger partial charge < -0.3 is 20.0 Å². The molecule has 39 heavy (non-hydrogen) atoms. The van der Waals surface area contributed by atoms with Crippen molar-refractivity contribution < 1.29 is 0 Å². The van der Waals surface area contributed by atoms with Gasteiger partial charge in [0.2, 0.25) is 0 Å². The van der Waals surface area contributed by atoms with Crippen molar-refractivity contribution in [3.63, 3.8) is 0 Å². The second-order valence-corrected chi connectivity index (χ2v) is 10.6. The van der Waals surface area contributed by atoms with E-state index < -0.39 is 0 Å². The summed E-state index contributed by atoms with van der Waals surface area (Å²) in [5, 5.41) is 3.64. The first-order valence-corrected chi connectivity index (χ1v) is 14.0. The molecular formula is C34H40N4S. The quantitative estimate of drug-likeness (QED) is 0.166. The van der Waals surface area contributed by atoms with Gasteiger partial charge in [0.05, 0.1) is 0 Å². The number of hydrogen-bond donors (Lipinski definition) is 1. The van der Waals surface area contributed by atoms with Crippen molar-refractivity contribution in [3.05, 3.63) is 119 Å². The Morgan fingerprint density at radius 3 is 1.62 bits per heavy atom. The molecule has 202 valence electrons. The van der Waals surface area contributed by atoms with E-state index in [9.17, 15) is 0 Å². The van der Waals surface area contributed by atoms with Gasteiger partial charge in [-0.15, -0.1) is 0 Å². The van der Waals surface area contributed by atoms with Crippen LogP contribution in [0.15, 0.2) is 97.1 Å². The predicted molar refractivity (Wildman–Crippen MR) is 174 cm³/mol. The van der Waals surface area contributed by atoms with Crippen molar-refractivity contribution in [2.45, 2.75) is 19.8 Å². The molecule has 0 aliphatic rings. The van der Waals surface area contributed by atoms with Crippen LogP contribution in [0.3, 0.4) is 0 Å². The fourth-order valence-corrected chi connectivity index (χ4v) is 5.20. The molecule has 4 rings (SSSR count). The second-order valence-electron chi connectivity index (χ2n) is 10.2. The summed E-state index contributed by atoms with van der Waals surface area (Å²) in [5.41, 5.74) is 9.26. The van der Waals surface area contributed by atoms with Crippen molar-refractivity contribution in [2.24, 2.45) is 0 Å². The molecule has 0 unspecified atom stereocenters. The molecule has 0 atom stereocenters. The zero-order chi connectivity index (χ0) is 27.9. The minimum Gasteiger partial charge on any atom is -0.378 e. The minimum absolute atomic E-state index is 0.0317. The van der Waals surface area contributed by atoms with E-state index in [1.54, 1.807) is 0 Å². The highest BCUT2D eigenvalue weighted by Gasteiger charge is 2.22. The Hall–Kier alpha value is -3.83. The van der Waals surface area contributed by atoms with Gasteiger partial charge in [-0.05, 0) is 66.9 Å². The van der Waals surface area contributed by atoms with Gasteiger partial charge >= 0.3 is 0 Å². The van der Waals surface area contributed by atoms with E-state index in [1.807, 2.05) is 18.2 Å². The van der Waals surface area contributed by atoms with Crippen LogP contribution in [-0.4, -0.2) is 46.3 Å². The third-order valence-electron chi connectivity index (χ3n) is 7.25. The summed E-state index contributed by atoms with van der Waals surface area (Å²) in [7, 11) is 8.30. The second kappa shape index (κ2) is 12.8. The molecule has 0 fully saturated rings. The minimum atomic E-state index is 0.0317. The summed E-state index contributed by atoms with van der Waals surface area (Å²) in [6.45, 7) is 6.28. The molecular weight excluding hydrogens is 496 g/mol. The van der Waals surface area contributed by atoms with Gasteiger partial charge in [-0.2, -0.15) is 0 Å². The largest absolute Gasteiger partial charge is 0.378 e. The van der Waals surface area contributed by atoms with Crippen molar-refractivity contribution in [1.29, 1.82) is 0 Å². The van der Waals surface area contributed by atoms with Gasteiger partial charge in [0.15, 0.2) is 0 Å². The molecule has 1 N–H and O–H groups in total. The standard InChI is InChI=1S/C34H40N4S/c1-7-38(8-2)30-22-23-31(32(24-30)35-34(39)27-12-10-9-11-13-27)33(25-14-18-28(19-15-25)36(3)4)26-16-20-29(21-17-26)37(5)6/h9-24,33H,7-8H2,1-6H3,(H,35,39). The Bertz CT molecular complexity index is 1310. The van der Waals surface area contributed by atoms with Crippen LogP contribution in [0.5, 0.6) is 0 Å². The molecule has 0 spiro atoms. The lowest BCUT2D eigenvalue weighted by Gasteiger charge is -2.27. The third kappa shape index (κ3) is 6.61. The molecule has 0 heterocycles. The molecule has 0 aromatic heterocycles. The molecule has 5 heteroatoms. The summed E-state index contributed by atoms with van der Waals surface area (Å²) < 4.78 is 0. The van der Waals surface area contributed by atoms with Crippen molar-refractivity contribution in [1.82, 2.24) is 0 Å². The molecule has 4 aromatic rings. The van der Waals surface area contributed by atoms with E-state index in [0.29, 0.717) is 0 Å². The lowest BCUT2D eigenvalue weighted by Crippen LogP contribution is -2.22. The van der Waals surface area contributed by atoms with Crippen LogP contribution in [0.25, 0.3) is 0 Å². The Kier molecular flexibility index (Phi) is 9.26. The fourth-order valence-electron chi connectivity index (χ4n) is 4.96. The molecule has 0 aliphatic heterocycles. The predicted octanol–water partition coefficient (Wildman–Crippen LogP) is 7.63. The zero-order valence-electron chi connectivity index (χ0n) is 24.0. The van der Waals surface area contributed by atoms with Gasteiger partial charge in [-0.25, -0.2) is 0 Å². The summed E-state index contributed by atoms with van der Waals surface area (Å²) in [4.78, 5) is 7.36. The lowest BCUT2D eigenvalue weighted by molar-refractivity contribution is 0.865. The van der Waals surface area contributed by atoms with E-state index in [2.05, 4.69) is 141 Å². The van der Waals surface area contributed by atoms with Gasteiger partial charge in [-0.3, -0.25) is 0 Å². The molecule has 0 saturated heterocycles. The number of hydrogen-bond acceptors (Lipinski definition) is 4. The Balaban J connectivity index is 1.87. The fraction of sp³-hybridized carbons (Fsp3) is 0.265. The lowest BCUT2D eigenvalue weighted by atomic mass is 9.83. The normalized spacial score (nSPS) is 10.8. The van der Waals surface area contributed by atoms with E-state index in [-0.39, 0.29) is 5.92 Å². The van der Waals surface area contributed by atoms with Crippen molar-refractivity contribution in [2.75, 3.05) is 61.3 Å². The first kappa shape index (κ1) is 28.2. The van der Waals surface area contributed by atoms with Crippen LogP contribution in [0.1, 0.15) is 42.0 Å². The number of nitrogens with zero attached hydrogens (tertiary/aromatic N) is 3. The van der Waals surface area contributed by atoms with Crippen molar-refractivity contribution in [3.8, 4) is 0 Å². The number of rotatable bonds is 10. The molecule has 0 aliphatic carbocycles. The number of benzene rings is 4. The summed E-state index contributed by atoms with van der Waals surface area (Å²) in [6.07, 6.45) is 0. The smallest absolute Gasteiger partial charge is 0.110 e. The molecule has 0 bridgehead atoms. The molecule has 0 saturated carbocycles. The number of anilines is 4. The zero-order valence-corrected chi connectivity index (χ0v) is 24.8. The highest BCUT2D eigenvalue weighted by molar-refractivity contribution is 7.81. The van der Waals surface area contributed by atoms with Gasteiger partial charge in [0.25, 0.3) is 0 Å². The summed E-state index contributed by atoms with van der Waals surface area (Å²) in [5.74, 6) is 0.0317. The van der Waals surface area contributed by atoms with Crippen LogP contribution in [-0.2, 0) is 0 Å². The van der Waals surface area contributed by atoms with E-state index >= 15 is 0 Å². The first-order valence-electron chi connectivity index (χ1n) is 13.6. The van der Waals surface area contributed by atoms with Crippen LogP contribution in [0, 0.1) is 0 Å². The van der Waals surface area contributed by atoms with E-state index in [4.69, 9.17) is 12.2 Å². The van der Waals surface area contributed by atoms with Gasteiger partial charge in [0, 0.05) is 75.5 Å². The van der Waals surface area contributed by atoms with Gasteiger partial charge in [0.1, 0.15) is 4.99 Å². The first-order chi connectivity index (χ1) is 18.8. The maximum absolute atomic E-state index is 5.90. The van der Waals surface area contributed by atoms with Crippen LogP contribution in [0.4, 0.5) is 22.7 Å². The Labute approximate surface area is 239 Å². The monoisotopic (exact) mass is 536 g/mol. The van der Waals surface area contributed by atoms with Gasteiger partial charge in [-0.1, -0.05) is 72.9 Å². The SMILES string of the molecule is CCN(CC)c1ccc(C(c2ccc(N(C)C)cc2)c2ccc(N(C)C)cc2)c(NC(=S)c2ccccc2)c1. The summed E-state index contributed by atoms with van der Waals surface area (Å²) >= 11 is 5.90. The summed E-state index contributed by atoms with van der Waals surface area (Å²) in [6, 6.07) is 34.7. The highest BCUT2D eigenvalue weighted by atomic mass is 32.1.